The smallest absolute Gasteiger partial charge is 0.249 e. The Hall–Kier alpha value is -1.39. The minimum absolute atomic E-state index is 0.349. The first-order valence-corrected chi connectivity index (χ1v) is 7.49. The van der Waals surface area contributed by atoms with Crippen LogP contribution in [0.15, 0.2) is 24.3 Å². The van der Waals surface area contributed by atoms with Gasteiger partial charge in [0.1, 0.15) is 0 Å². The Morgan fingerprint density at radius 2 is 2.10 bits per heavy atom. The van der Waals surface area contributed by atoms with Crippen molar-refractivity contribution in [3.05, 3.63) is 35.4 Å². The summed E-state index contributed by atoms with van der Waals surface area (Å²) in [6.45, 7) is 4.66. The SMILES string of the molecule is CCN(Cc1ccccc1C(N)=O)C1CCCC1CN. The second kappa shape index (κ2) is 6.86. The van der Waals surface area contributed by atoms with Crippen LogP contribution in [-0.4, -0.2) is 29.9 Å². The topological polar surface area (TPSA) is 72.3 Å². The van der Waals surface area contributed by atoms with Crippen molar-refractivity contribution in [2.45, 2.75) is 38.8 Å². The highest BCUT2D eigenvalue weighted by Gasteiger charge is 2.30. The van der Waals surface area contributed by atoms with Gasteiger partial charge in [-0.15, -0.1) is 0 Å². The van der Waals surface area contributed by atoms with E-state index in [4.69, 9.17) is 11.5 Å². The molecule has 4 N–H and O–H groups in total. The van der Waals surface area contributed by atoms with Crippen molar-refractivity contribution in [1.82, 2.24) is 4.90 Å². The Bertz CT molecular complexity index is 461. The van der Waals surface area contributed by atoms with Crippen molar-refractivity contribution < 1.29 is 4.79 Å². The van der Waals surface area contributed by atoms with Crippen molar-refractivity contribution >= 4 is 5.91 Å². The molecule has 2 rings (SSSR count). The molecule has 0 spiro atoms. The third kappa shape index (κ3) is 3.19. The van der Waals surface area contributed by atoms with Crippen molar-refractivity contribution in [2.75, 3.05) is 13.1 Å². The first-order chi connectivity index (χ1) is 9.67. The number of amides is 1. The number of rotatable bonds is 6. The summed E-state index contributed by atoms with van der Waals surface area (Å²) in [7, 11) is 0. The number of benzene rings is 1. The molecule has 0 bridgehead atoms. The average Bonchev–Trinajstić information content (AvgIpc) is 2.93. The van der Waals surface area contributed by atoms with Crippen molar-refractivity contribution in [3.8, 4) is 0 Å². The molecule has 1 aromatic rings. The molecule has 1 aliphatic rings. The van der Waals surface area contributed by atoms with Gasteiger partial charge in [-0.05, 0) is 43.5 Å². The van der Waals surface area contributed by atoms with E-state index in [0.29, 0.717) is 17.5 Å². The van der Waals surface area contributed by atoms with Crippen LogP contribution >= 0.6 is 0 Å². The minimum Gasteiger partial charge on any atom is -0.366 e. The summed E-state index contributed by atoms with van der Waals surface area (Å²) in [4.78, 5) is 14.0. The third-order valence-electron chi connectivity index (χ3n) is 4.45. The fraction of sp³-hybridized carbons (Fsp3) is 0.562. The molecule has 20 heavy (non-hydrogen) atoms. The van der Waals surface area contributed by atoms with Gasteiger partial charge in [-0.3, -0.25) is 9.69 Å². The monoisotopic (exact) mass is 275 g/mol. The predicted octanol–water partition coefficient (Wildman–Crippen LogP) is 1.73. The molecule has 4 heteroatoms. The van der Waals surface area contributed by atoms with Crippen molar-refractivity contribution in [2.24, 2.45) is 17.4 Å². The van der Waals surface area contributed by atoms with Crippen LogP contribution in [0.3, 0.4) is 0 Å². The summed E-state index contributed by atoms with van der Waals surface area (Å²) in [5.74, 6) is 0.231. The normalized spacial score (nSPS) is 22.4. The van der Waals surface area contributed by atoms with Crippen LogP contribution in [0, 0.1) is 5.92 Å². The Balaban J connectivity index is 2.16. The van der Waals surface area contributed by atoms with Gasteiger partial charge in [0.2, 0.25) is 5.91 Å². The number of hydrogen-bond donors (Lipinski definition) is 2. The number of nitrogens with zero attached hydrogens (tertiary/aromatic N) is 1. The lowest BCUT2D eigenvalue weighted by Crippen LogP contribution is -2.40. The van der Waals surface area contributed by atoms with E-state index in [9.17, 15) is 4.79 Å². The van der Waals surface area contributed by atoms with E-state index in [1.165, 1.54) is 19.3 Å². The zero-order valence-corrected chi connectivity index (χ0v) is 12.2. The van der Waals surface area contributed by atoms with Gasteiger partial charge in [0.25, 0.3) is 0 Å². The van der Waals surface area contributed by atoms with Crippen LogP contribution in [0.2, 0.25) is 0 Å². The molecule has 110 valence electrons. The average molecular weight is 275 g/mol. The van der Waals surface area contributed by atoms with Gasteiger partial charge in [-0.25, -0.2) is 0 Å². The van der Waals surface area contributed by atoms with Gasteiger partial charge in [-0.2, -0.15) is 0 Å². The summed E-state index contributed by atoms with van der Waals surface area (Å²) in [5, 5.41) is 0. The lowest BCUT2D eigenvalue weighted by Gasteiger charge is -2.32. The third-order valence-corrected chi connectivity index (χ3v) is 4.45. The van der Waals surface area contributed by atoms with Gasteiger partial charge in [-0.1, -0.05) is 31.5 Å². The molecule has 0 aliphatic heterocycles. The summed E-state index contributed by atoms with van der Waals surface area (Å²) in [6, 6.07) is 8.16. The van der Waals surface area contributed by atoms with E-state index in [2.05, 4.69) is 11.8 Å². The maximum atomic E-state index is 11.5. The molecule has 2 unspecified atom stereocenters. The maximum Gasteiger partial charge on any atom is 0.249 e. The fourth-order valence-corrected chi connectivity index (χ4v) is 3.35. The van der Waals surface area contributed by atoms with Gasteiger partial charge in [0.05, 0.1) is 0 Å². The number of carbonyl (C=O) groups excluding carboxylic acids is 1. The Morgan fingerprint density at radius 3 is 2.75 bits per heavy atom. The molecule has 1 aliphatic carbocycles. The molecular formula is C16H25N3O. The second-order valence-corrected chi connectivity index (χ2v) is 5.58. The maximum absolute atomic E-state index is 11.5. The Kier molecular flexibility index (Phi) is 5.15. The van der Waals surface area contributed by atoms with Gasteiger partial charge in [0.15, 0.2) is 0 Å². The van der Waals surface area contributed by atoms with Crippen molar-refractivity contribution in [3.63, 3.8) is 0 Å². The summed E-state index contributed by atoms with van der Waals surface area (Å²) in [6.07, 6.45) is 3.67. The second-order valence-electron chi connectivity index (χ2n) is 5.58. The zero-order valence-electron chi connectivity index (χ0n) is 12.2. The van der Waals surface area contributed by atoms with Crippen molar-refractivity contribution in [1.29, 1.82) is 0 Å². The lowest BCUT2D eigenvalue weighted by molar-refractivity contribution is 0.0996. The van der Waals surface area contributed by atoms with Crippen LogP contribution in [0.25, 0.3) is 0 Å². The highest BCUT2D eigenvalue weighted by Crippen LogP contribution is 2.30. The molecule has 1 fully saturated rings. The Morgan fingerprint density at radius 1 is 1.35 bits per heavy atom. The molecular weight excluding hydrogens is 250 g/mol. The van der Waals surface area contributed by atoms with E-state index in [1.54, 1.807) is 6.07 Å². The minimum atomic E-state index is -0.349. The molecule has 0 aromatic heterocycles. The van der Waals surface area contributed by atoms with E-state index >= 15 is 0 Å². The molecule has 0 saturated heterocycles. The molecule has 0 radical (unpaired) electrons. The summed E-state index contributed by atoms with van der Waals surface area (Å²) < 4.78 is 0. The first-order valence-electron chi connectivity index (χ1n) is 7.49. The highest BCUT2D eigenvalue weighted by molar-refractivity contribution is 5.94. The number of carbonyl (C=O) groups is 1. The van der Waals surface area contributed by atoms with Gasteiger partial charge in [0, 0.05) is 18.2 Å². The number of hydrogen-bond acceptors (Lipinski definition) is 3. The lowest BCUT2D eigenvalue weighted by atomic mass is 10.00. The van der Waals surface area contributed by atoms with Gasteiger partial charge >= 0.3 is 0 Å². The van der Waals surface area contributed by atoms with E-state index in [0.717, 1.165) is 25.2 Å². The standard InChI is InChI=1S/C16H25N3O/c1-2-19(15-9-5-7-12(15)10-17)11-13-6-3-4-8-14(13)16(18)20/h3-4,6,8,12,15H,2,5,7,9-11,17H2,1H3,(H2,18,20). The first kappa shape index (κ1) is 15.0. The molecule has 4 nitrogen and oxygen atoms in total. The molecule has 1 saturated carbocycles. The number of primary amides is 1. The van der Waals surface area contributed by atoms with Crippen LogP contribution in [0.5, 0.6) is 0 Å². The van der Waals surface area contributed by atoms with E-state index < -0.39 is 0 Å². The largest absolute Gasteiger partial charge is 0.366 e. The van der Waals surface area contributed by atoms with E-state index in [-0.39, 0.29) is 5.91 Å². The van der Waals surface area contributed by atoms with Gasteiger partial charge < -0.3 is 11.5 Å². The summed E-state index contributed by atoms with van der Waals surface area (Å²) in [5.41, 5.74) is 13.0. The number of nitrogens with two attached hydrogens (primary N) is 2. The van der Waals surface area contributed by atoms with Crippen LogP contribution < -0.4 is 11.5 Å². The van der Waals surface area contributed by atoms with Crippen LogP contribution in [-0.2, 0) is 6.54 Å². The predicted molar refractivity (Wildman–Crippen MR) is 81.2 cm³/mol. The summed E-state index contributed by atoms with van der Waals surface area (Å²) >= 11 is 0. The Labute approximate surface area is 121 Å². The van der Waals surface area contributed by atoms with Crippen LogP contribution in [0.1, 0.15) is 42.1 Å². The molecule has 1 amide bonds. The molecule has 2 atom stereocenters. The molecule has 1 aromatic carbocycles. The highest BCUT2D eigenvalue weighted by atomic mass is 16.1. The van der Waals surface area contributed by atoms with E-state index in [1.807, 2.05) is 18.2 Å². The van der Waals surface area contributed by atoms with Crippen LogP contribution in [0.4, 0.5) is 0 Å². The zero-order chi connectivity index (χ0) is 14.5. The molecule has 0 heterocycles. The fourth-order valence-electron chi connectivity index (χ4n) is 3.35. The quantitative estimate of drug-likeness (QED) is 0.830.